The Morgan fingerprint density at radius 3 is 2.79 bits per heavy atom. The Labute approximate surface area is 189 Å². The average molecular weight is 471 g/mol. The second kappa shape index (κ2) is 11.2. The van der Waals surface area contributed by atoms with Gasteiger partial charge in [-0.1, -0.05) is 0 Å². The summed E-state index contributed by atoms with van der Waals surface area (Å²) in [6.45, 7) is 3.23. The minimum atomic E-state index is -4.62. The molecule has 1 amide bonds. The van der Waals surface area contributed by atoms with E-state index in [1.165, 1.54) is 11.0 Å². The van der Waals surface area contributed by atoms with Crippen molar-refractivity contribution >= 4 is 23.5 Å². The standard InChI is InChI=1S/C19H28F3N9O2/c1-29(2)7-8-31-25-13-15(28-31)26-18-24-12-14(19(20,21)22)17(27-18)23-5-3-6-30-9-11-33-10-4-16(30)32/h12-13H,3-11H2,1-2H3,(H2,23,24,26,27,28). The summed E-state index contributed by atoms with van der Waals surface area (Å²) in [5.41, 5.74) is -0.970. The van der Waals surface area contributed by atoms with Crippen LogP contribution in [0.4, 0.5) is 30.8 Å². The minimum absolute atomic E-state index is 0.0179. The van der Waals surface area contributed by atoms with Gasteiger partial charge >= 0.3 is 6.18 Å². The molecule has 1 fully saturated rings. The number of alkyl halides is 3. The van der Waals surface area contributed by atoms with Crippen molar-refractivity contribution in [3.05, 3.63) is 18.0 Å². The lowest BCUT2D eigenvalue weighted by Crippen LogP contribution is -2.33. The van der Waals surface area contributed by atoms with E-state index in [2.05, 4.69) is 30.8 Å². The van der Waals surface area contributed by atoms with Crippen LogP contribution in [0, 0.1) is 0 Å². The van der Waals surface area contributed by atoms with Gasteiger partial charge < -0.3 is 25.2 Å². The fraction of sp³-hybridized carbons (Fsp3) is 0.632. The Bertz CT molecular complexity index is 920. The fourth-order valence-electron chi connectivity index (χ4n) is 3.08. The quantitative estimate of drug-likeness (QED) is 0.497. The van der Waals surface area contributed by atoms with Gasteiger partial charge in [0.05, 0.1) is 32.4 Å². The molecule has 0 atom stereocenters. The van der Waals surface area contributed by atoms with Gasteiger partial charge in [0.2, 0.25) is 11.9 Å². The molecule has 0 aliphatic carbocycles. The molecule has 2 aromatic rings. The molecule has 1 saturated heterocycles. The molecule has 0 aromatic carbocycles. The first kappa shape index (κ1) is 24.6. The molecular formula is C19H28F3N9O2. The van der Waals surface area contributed by atoms with Gasteiger partial charge in [0.25, 0.3) is 0 Å². The van der Waals surface area contributed by atoms with Crippen molar-refractivity contribution < 1.29 is 22.7 Å². The monoisotopic (exact) mass is 471 g/mol. The number of aromatic nitrogens is 5. The highest BCUT2D eigenvalue weighted by Crippen LogP contribution is 2.34. The molecule has 1 aliphatic heterocycles. The van der Waals surface area contributed by atoms with E-state index in [1.807, 2.05) is 19.0 Å². The summed E-state index contributed by atoms with van der Waals surface area (Å²) in [6.07, 6.45) is -1.67. The number of likely N-dealkylation sites (N-methyl/N-ethyl adjacent to an activating group) is 1. The van der Waals surface area contributed by atoms with Gasteiger partial charge in [0.15, 0.2) is 5.82 Å². The lowest BCUT2D eigenvalue weighted by molar-refractivity contribution is -0.137. The molecule has 11 nitrogen and oxygen atoms in total. The van der Waals surface area contributed by atoms with Gasteiger partial charge in [0.1, 0.15) is 11.4 Å². The molecule has 0 radical (unpaired) electrons. The topological polar surface area (TPSA) is 113 Å². The van der Waals surface area contributed by atoms with E-state index in [9.17, 15) is 18.0 Å². The third kappa shape index (κ3) is 7.53. The SMILES string of the molecule is CN(C)CCn1ncc(Nc2ncc(C(F)(F)F)c(NCCCN3CCOCCC3=O)n2)n1. The van der Waals surface area contributed by atoms with Crippen LogP contribution in [-0.4, -0.2) is 94.2 Å². The maximum Gasteiger partial charge on any atom is 0.421 e. The molecule has 0 saturated carbocycles. The van der Waals surface area contributed by atoms with Crippen molar-refractivity contribution in [1.82, 2.24) is 34.8 Å². The van der Waals surface area contributed by atoms with Gasteiger partial charge in [-0.2, -0.15) is 28.1 Å². The molecule has 1 aliphatic rings. The third-order valence-corrected chi connectivity index (χ3v) is 4.83. The molecule has 0 unspecified atom stereocenters. The molecule has 182 valence electrons. The van der Waals surface area contributed by atoms with Crippen molar-refractivity contribution in [3.8, 4) is 0 Å². The van der Waals surface area contributed by atoms with Gasteiger partial charge in [-0.15, -0.1) is 5.10 Å². The predicted molar refractivity (Wildman–Crippen MR) is 114 cm³/mol. The Kier molecular flexibility index (Phi) is 8.38. The van der Waals surface area contributed by atoms with Crippen LogP contribution in [0.15, 0.2) is 12.4 Å². The van der Waals surface area contributed by atoms with E-state index in [-0.39, 0.29) is 24.2 Å². The summed E-state index contributed by atoms with van der Waals surface area (Å²) in [5, 5.41) is 13.8. The molecule has 14 heteroatoms. The first-order chi connectivity index (χ1) is 15.7. The highest BCUT2D eigenvalue weighted by atomic mass is 19.4. The van der Waals surface area contributed by atoms with E-state index in [4.69, 9.17) is 4.74 Å². The van der Waals surface area contributed by atoms with E-state index in [0.29, 0.717) is 51.5 Å². The van der Waals surface area contributed by atoms with E-state index < -0.39 is 11.7 Å². The van der Waals surface area contributed by atoms with Crippen LogP contribution in [-0.2, 0) is 22.3 Å². The molecular weight excluding hydrogens is 443 g/mol. The molecule has 2 N–H and O–H groups in total. The van der Waals surface area contributed by atoms with Crippen molar-refractivity contribution in [2.24, 2.45) is 0 Å². The number of anilines is 3. The van der Waals surface area contributed by atoms with Crippen LogP contribution >= 0.6 is 0 Å². The van der Waals surface area contributed by atoms with Crippen molar-refractivity contribution in [1.29, 1.82) is 0 Å². The number of rotatable bonds is 10. The van der Waals surface area contributed by atoms with E-state index in [1.54, 1.807) is 4.90 Å². The largest absolute Gasteiger partial charge is 0.421 e. The second-order valence-corrected chi connectivity index (χ2v) is 7.73. The van der Waals surface area contributed by atoms with Crippen molar-refractivity contribution in [2.75, 3.05) is 64.1 Å². The first-order valence-electron chi connectivity index (χ1n) is 10.6. The number of halogens is 3. The zero-order chi connectivity index (χ0) is 23.8. The Balaban J connectivity index is 1.62. The Morgan fingerprint density at radius 1 is 1.21 bits per heavy atom. The van der Waals surface area contributed by atoms with Crippen molar-refractivity contribution in [2.45, 2.75) is 25.6 Å². The number of hydrogen-bond donors (Lipinski definition) is 2. The zero-order valence-electron chi connectivity index (χ0n) is 18.6. The lowest BCUT2D eigenvalue weighted by Gasteiger charge is -2.20. The molecule has 2 aromatic heterocycles. The summed E-state index contributed by atoms with van der Waals surface area (Å²) < 4.78 is 45.5. The summed E-state index contributed by atoms with van der Waals surface area (Å²) in [4.78, 5) is 24.9. The summed E-state index contributed by atoms with van der Waals surface area (Å²) in [6, 6.07) is 0. The maximum atomic E-state index is 13.4. The van der Waals surface area contributed by atoms with E-state index >= 15 is 0 Å². The smallest absolute Gasteiger partial charge is 0.379 e. The van der Waals surface area contributed by atoms with Gasteiger partial charge in [-0.25, -0.2) is 4.98 Å². The van der Waals surface area contributed by atoms with Crippen LogP contribution in [0.25, 0.3) is 0 Å². The molecule has 0 spiro atoms. The van der Waals surface area contributed by atoms with Crippen LogP contribution in [0.5, 0.6) is 0 Å². The van der Waals surface area contributed by atoms with Gasteiger partial charge in [0, 0.05) is 32.4 Å². The Morgan fingerprint density at radius 2 is 2.03 bits per heavy atom. The highest BCUT2D eigenvalue weighted by molar-refractivity contribution is 5.76. The first-order valence-corrected chi connectivity index (χ1v) is 10.6. The zero-order valence-corrected chi connectivity index (χ0v) is 18.6. The number of nitrogens with one attached hydrogen (secondary N) is 2. The molecule has 3 heterocycles. The van der Waals surface area contributed by atoms with Crippen LogP contribution in [0.3, 0.4) is 0 Å². The minimum Gasteiger partial charge on any atom is -0.379 e. The fourth-order valence-corrected chi connectivity index (χ4v) is 3.08. The van der Waals surface area contributed by atoms with Crippen LogP contribution in [0.2, 0.25) is 0 Å². The highest BCUT2D eigenvalue weighted by Gasteiger charge is 2.35. The van der Waals surface area contributed by atoms with E-state index in [0.717, 1.165) is 12.7 Å². The maximum absolute atomic E-state index is 13.4. The Hall–Kier alpha value is -3.00. The molecule has 3 rings (SSSR count). The summed E-state index contributed by atoms with van der Waals surface area (Å²) >= 11 is 0. The molecule has 0 bridgehead atoms. The average Bonchev–Trinajstić information content (AvgIpc) is 3.09. The van der Waals surface area contributed by atoms with Gasteiger partial charge in [-0.05, 0) is 20.5 Å². The number of amides is 1. The van der Waals surface area contributed by atoms with Crippen LogP contribution < -0.4 is 10.6 Å². The number of carbonyl (C=O) groups excluding carboxylic acids is 1. The summed E-state index contributed by atoms with van der Waals surface area (Å²) in [7, 11) is 3.85. The summed E-state index contributed by atoms with van der Waals surface area (Å²) in [5.74, 6) is -0.0764. The third-order valence-electron chi connectivity index (χ3n) is 4.83. The molecule has 33 heavy (non-hydrogen) atoms. The predicted octanol–water partition coefficient (Wildman–Crippen LogP) is 1.44. The number of hydrogen-bond acceptors (Lipinski definition) is 9. The lowest BCUT2D eigenvalue weighted by atomic mass is 10.3. The number of ether oxygens (including phenoxy) is 1. The number of nitrogens with zero attached hydrogens (tertiary/aromatic N) is 7. The van der Waals surface area contributed by atoms with Crippen LogP contribution in [0.1, 0.15) is 18.4 Å². The van der Waals surface area contributed by atoms with Gasteiger partial charge in [-0.3, -0.25) is 4.79 Å². The normalized spacial score (nSPS) is 15.1. The second-order valence-electron chi connectivity index (χ2n) is 7.73. The van der Waals surface area contributed by atoms with Crippen molar-refractivity contribution in [3.63, 3.8) is 0 Å². The number of carbonyl (C=O) groups is 1.